The molecule has 2 aromatic rings. The van der Waals surface area contributed by atoms with Crippen LogP contribution in [0.5, 0.6) is 0 Å². The highest BCUT2D eigenvalue weighted by molar-refractivity contribution is 5.66. The summed E-state index contributed by atoms with van der Waals surface area (Å²) in [6, 6.07) is 17.9. The summed E-state index contributed by atoms with van der Waals surface area (Å²) in [4.78, 5) is 0. The number of nitriles is 1. The summed E-state index contributed by atoms with van der Waals surface area (Å²) in [6.45, 7) is 1.96. The molecule has 0 aliphatic carbocycles. The lowest BCUT2D eigenvalue weighted by Gasteiger charge is -2.08. The summed E-state index contributed by atoms with van der Waals surface area (Å²) >= 11 is 0. The average Bonchev–Trinajstić information content (AvgIpc) is 2.39. The van der Waals surface area contributed by atoms with Crippen LogP contribution in [0.1, 0.15) is 24.1 Å². The second kappa shape index (κ2) is 4.82. The third-order valence-electron chi connectivity index (χ3n) is 2.74. The molecule has 0 aromatic heterocycles. The molecule has 1 unspecified atom stereocenters. The lowest BCUT2D eigenvalue weighted by Crippen LogP contribution is -2.04. The van der Waals surface area contributed by atoms with Gasteiger partial charge in [-0.1, -0.05) is 30.3 Å². The van der Waals surface area contributed by atoms with Gasteiger partial charge in [0.05, 0.1) is 11.6 Å². The molecule has 2 aromatic carbocycles. The maximum absolute atomic E-state index is 8.88. The molecule has 0 aliphatic rings. The van der Waals surface area contributed by atoms with E-state index in [1.807, 2.05) is 43.3 Å². The van der Waals surface area contributed by atoms with Crippen LogP contribution in [-0.4, -0.2) is 0 Å². The van der Waals surface area contributed by atoms with E-state index in [1.54, 1.807) is 6.07 Å². The van der Waals surface area contributed by atoms with Gasteiger partial charge in [-0.2, -0.15) is 5.26 Å². The topological polar surface area (TPSA) is 49.8 Å². The van der Waals surface area contributed by atoms with E-state index in [-0.39, 0.29) is 6.04 Å². The van der Waals surface area contributed by atoms with E-state index >= 15 is 0 Å². The molecule has 0 heterocycles. The van der Waals surface area contributed by atoms with Gasteiger partial charge in [0, 0.05) is 6.04 Å². The summed E-state index contributed by atoms with van der Waals surface area (Å²) in [6.07, 6.45) is 0. The van der Waals surface area contributed by atoms with Gasteiger partial charge in [0.15, 0.2) is 0 Å². The van der Waals surface area contributed by atoms with E-state index in [9.17, 15) is 0 Å². The highest BCUT2D eigenvalue weighted by Gasteiger charge is 2.03. The Labute approximate surface area is 101 Å². The molecule has 2 heteroatoms. The molecule has 84 valence electrons. The van der Waals surface area contributed by atoms with Gasteiger partial charge in [-0.25, -0.2) is 0 Å². The van der Waals surface area contributed by atoms with E-state index < -0.39 is 0 Å². The predicted molar refractivity (Wildman–Crippen MR) is 69.2 cm³/mol. The average molecular weight is 222 g/mol. The van der Waals surface area contributed by atoms with E-state index in [1.165, 1.54) is 0 Å². The molecule has 0 amide bonds. The Morgan fingerprint density at radius 3 is 2.35 bits per heavy atom. The summed E-state index contributed by atoms with van der Waals surface area (Å²) in [5, 5.41) is 8.88. The number of rotatable bonds is 2. The van der Waals surface area contributed by atoms with Crippen molar-refractivity contribution < 1.29 is 0 Å². The number of nitrogens with two attached hydrogens (primary N) is 1. The Hall–Kier alpha value is -2.11. The number of benzene rings is 2. The minimum absolute atomic E-state index is 0.0223. The van der Waals surface area contributed by atoms with Gasteiger partial charge >= 0.3 is 0 Å². The fourth-order valence-electron chi connectivity index (χ4n) is 1.77. The summed E-state index contributed by atoms with van der Waals surface area (Å²) in [5.41, 5.74) is 9.78. The molecule has 0 radical (unpaired) electrons. The van der Waals surface area contributed by atoms with Crippen LogP contribution in [0.15, 0.2) is 48.5 Å². The van der Waals surface area contributed by atoms with Crippen LogP contribution in [0.3, 0.4) is 0 Å². The van der Waals surface area contributed by atoms with Crippen molar-refractivity contribution in [2.45, 2.75) is 13.0 Å². The molecule has 0 saturated heterocycles. The van der Waals surface area contributed by atoms with Gasteiger partial charge in [0.1, 0.15) is 0 Å². The van der Waals surface area contributed by atoms with Gasteiger partial charge in [-0.05, 0) is 41.8 Å². The van der Waals surface area contributed by atoms with Crippen LogP contribution in [0, 0.1) is 11.3 Å². The third kappa shape index (κ3) is 2.52. The van der Waals surface area contributed by atoms with Crippen molar-refractivity contribution in [3.8, 4) is 17.2 Å². The summed E-state index contributed by atoms with van der Waals surface area (Å²) in [5.74, 6) is 0. The molecule has 17 heavy (non-hydrogen) atoms. The molecule has 0 spiro atoms. The van der Waals surface area contributed by atoms with Crippen molar-refractivity contribution in [2.24, 2.45) is 5.73 Å². The first-order chi connectivity index (χ1) is 8.20. The minimum atomic E-state index is 0.0223. The Balaban J connectivity index is 2.46. The number of hydrogen-bond acceptors (Lipinski definition) is 2. The maximum Gasteiger partial charge on any atom is 0.0991 e. The van der Waals surface area contributed by atoms with Crippen molar-refractivity contribution in [3.05, 3.63) is 59.7 Å². The van der Waals surface area contributed by atoms with Crippen LogP contribution in [0.2, 0.25) is 0 Å². The normalized spacial score (nSPS) is 11.8. The molecule has 2 N–H and O–H groups in total. The fraction of sp³-hybridized carbons (Fsp3) is 0.133. The van der Waals surface area contributed by atoms with Gasteiger partial charge in [-0.3, -0.25) is 0 Å². The van der Waals surface area contributed by atoms with Crippen molar-refractivity contribution in [3.63, 3.8) is 0 Å². The summed E-state index contributed by atoms with van der Waals surface area (Å²) in [7, 11) is 0. The fourth-order valence-corrected chi connectivity index (χ4v) is 1.77. The monoisotopic (exact) mass is 222 g/mol. The molecule has 0 saturated carbocycles. The van der Waals surface area contributed by atoms with Crippen LogP contribution < -0.4 is 5.73 Å². The van der Waals surface area contributed by atoms with E-state index in [0.29, 0.717) is 5.56 Å². The molecule has 2 rings (SSSR count). The number of hydrogen-bond donors (Lipinski definition) is 1. The molecule has 2 nitrogen and oxygen atoms in total. The molecular weight excluding hydrogens is 208 g/mol. The van der Waals surface area contributed by atoms with Crippen molar-refractivity contribution in [1.82, 2.24) is 0 Å². The lowest BCUT2D eigenvalue weighted by atomic mass is 9.99. The molecule has 0 aliphatic heterocycles. The number of nitrogens with zero attached hydrogens (tertiary/aromatic N) is 1. The summed E-state index contributed by atoms with van der Waals surface area (Å²) < 4.78 is 0. The Bertz CT molecular complexity index is 565. The van der Waals surface area contributed by atoms with Crippen LogP contribution in [0.4, 0.5) is 0 Å². The van der Waals surface area contributed by atoms with Gasteiger partial charge in [0.2, 0.25) is 0 Å². The first-order valence-corrected chi connectivity index (χ1v) is 5.57. The second-order valence-corrected chi connectivity index (χ2v) is 4.11. The van der Waals surface area contributed by atoms with Crippen LogP contribution >= 0.6 is 0 Å². The highest BCUT2D eigenvalue weighted by Crippen LogP contribution is 2.23. The zero-order valence-electron chi connectivity index (χ0n) is 9.72. The largest absolute Gasteiger partial charge is 0.324 e. The van der Waals surface area contributed by atoms with Crippen molar-refractivity contribution in [2.75, 3.05) is 0 Å². The van der Waals surface area contributed by atoms with Crippen molar-refractivity contribution in [1.29, 1.82) is 5.26 Å². The van der Waals surface area contributed by atoms with Gasteiger partial charge in [0.25, 0.3) is 0 Å². The zero-order valence-corrected chi connectivity index (χ0v) is 9.72. The smallest absolute Gasteiger partial charge is 0.0991 e. The van der Waals surface area contributed by atoms with Crippen molar-refractivity contribution >= 4 is 0 Å². The van der Waals surface area contributed by atoms with Gasteiger partial charge in [-0.15, -0.1) is 0 Å². The maximum atomic E-state index is 8.88. The molecule has 0 bridgehead atoms. The lowest BCUT2D eigenvalue weighted by molar-refractivity contribution is 0.819. The second-order valence-electron chi connectivity index (χ2n) is 4.11. The first-order valence-electron chi connectivity index (χ1n) is 5.57. The Morgan fingerprint density at radius 2 is 1.71 bits per heavy atom. The van der Waals surface area contributed by atoms with E-state index in [4.69, 9.17) is 11.0 Å². The van der Waals surface area contributed by atoms with E-state index in [2.05, 4.69) is 12.1 Å². The molecular formula is C15H14N2. The SMILES string of the molecule is CC(N)c1cccc(-c2cccc(C#N)c2)c1. The zero-order chi connectivity index (χ0) is 12.3. The minimum Gasteiger partial charge on any atom is -0.324 e. The predicted octanol–water partition coefficient (Wildman–Crippen LogP) is 3.24. The standard InChI is InChI=1S/C15H14N2/c1-11(17)13-5-3-7-15(9-13)14-6-2-4-12(8-14)10-16/h2-9,11H,17H2,1H3. The van der Waals surface area contributed by atoms with E-state index in [0.717, 1.165) is 16.7 Å². The Kier molecular flexibility index (Phi) is 3.22. The molecule has 0 fully saturated rings. The van der Waals surface area contributed by atoms with Gasteiger partial charge < -0.3 is 5.73 Å². The Morgan fingerprint density at radius 1 is 1.06 bits per heavy atom. The first kappa shape index (κ1) is 11.4. The van der Waals surface area contributed by atoms with Crippen LogP contribution in [0.25, 0.3) is 11.1 Å². The quantitative estimate of drug-likeness (QED) is 0.848. The highest BCUT2D eigenvalue weighted by atomic mass is 14.6. The third-order valence-corrected chi connectivity index (χ3v) is 2.74. The van der Waals surface area contributed by atoms with Crippen LogP contribution in [-0.2, 0) is 0 Å². The molecule has 1 atom stereocenters.